The van der Waals surface area contributed by atoms with Crippen LogP contribution >= 0.6 is 11.8 Å². The summed E-state index contributed by atoms with van der Waals surface area (Å²) in [4.78, 5) is 28.8. The highest BCUT2D eigenvalue weighted by atomic mass is 32.2. The molecule has 0 saturated carbocycles. The number of nitrogens with zero attached hydrogens (tertiary/aromatic N) is 1. The van der Waals surface area contributed by atoms with Crippen molar-refractivity contribution in [2.24, 2.45) is 5.41 Å². The van der Waals surface area contributed by atoms with Crippen LogP contribution in [-0.4, -0.2) is 35.9 Å². The second-order valence-corrected chi connectivity index (χ2v) is 10.3. The van der Waals surface area contributed by atoms with Crippen molar-refractivity contribution in [1.82, 2.24) is 5.32 Å². The van der Waals surface area contributed by atoms with Gasteiger partial charge in [-0.2, -0.15) is 11.8 Å². The number of carbonyl (C=O) groups is 2. The smallest absolute Gasteiger partial charge is 0.244 e. The molecule has 3 rings (SSSR count). The summed E-state index contributed by atoms with van der Waals surface area (Å²) in [6, 6.07) is 7.74. The van der Waals surface area contributed by atoms with E-state index in [4.69, 9.17) is 0 Å². The highest BCUT2D eigenvalue weighted by molar-refractivity contribution is 7.99. The van der Waals surface area contributed by atoms with Crippen LogP contribution < -0.4 is 10.2 Å². The van der Waals surface area contributed by atoms with Gasteiger partial charge in [0, 0.05) is 23.1 Å². The van der Waals surface area contributed by atoms with Gasteiger partial charge < -0.3 is 5.32 Å². The van der Waals surface area contributed by atoms with E-state index in [9.17, 15) is 9.59 Å². The monoisotopic (exact) mass is 402 g/mol. The van der Waals surface area contributed by atoms with Crippen molar-refractivity contribution < 1.29 is 9.59 Å². The maximum Gasteiger partial charge on any atom is 0.244 e. The molecule has 1 atom stereocenters. The molecule has 1 saturated heterocycles. The Kier molecular flexibility index (Phi) is 6.43. The van der Waals surface area contributed by atoms with Crippen LogP contribution in [0, 0.1) is 5.41 Å². The first-order valence-electron chi connectivity index (χ1n) is 10.6. The third-order valence-corrected chi connectivity index (χ3v) is 7.04. The molecular formula is C23H34N2O2S. The predicted octanol–water partition coefficient (Wildman–Crippen LogP) is 4.52. The van der Waals surface area contributed by atoms with Gasteiger partial charge in [0.15, 0.2) is 0 Å². The summed E-state index contributed by atoms with van der Waals surface area (Å²) in [5, 5.41) is 3.16. The summed E-state index contributed by atoms with van der Waals surface area (Å²) in [7, 11) is 0. The number of rotatable bonds is 5. The van der Waals surface area contributed by atoms with Gasteiger partial charge in [-0.1, -0.05) is 58.7 Å². The van der Waals surface area contributed by atoms with E-state index in [2.05, 4.69) is 18.3 Å². The SMILES string of the molecule is CCCCCNC(=O)C1N(C(=O)C(C)(C)C)c2ccccc2C12CCSCC2. The van der Waals surface area contributed by atoms with Gasteiger partial charge in [-0.15, -0.1) is 0 Å². The van der Waals surface area contributed by atoms with Crippen LogP contribution in [0.15, 0.2) is 24.3 Å². The van der Waals surface area contributed by atoms with Gasteiger partial charge in [-0.25, -0.2) is 0 Å². The minimum Gasteiger partial charge on any atom is -0.354 e. The second-order valence-electron chi connectivity index (χ2n) is 9.11. The standard InChI is InChI=1S/C23H34N2O2S/c1-5-6-9-14-24-20(26)19-23(12-15-28-16-13-23)17-10-7-8-11-18(17)25(19)21(27)22(2,3)4/h7-8,10-11,19H,5-6,9,12-16H2,1-4H3,(H,24,26). The zero-order chi connectivity index (χ0) is 20.4. The molecule has 2 heterocycles. The Bertz CT molecular complexity index is 720. The molecule has 1 aromatic rings. The number of benzene rings is 1. The van der Waals surface area contributed by atoms with Crippen molar-refractivity contribution in [3.8, 4) is 0 Å². The molecule has 1 fully saturated rings. The lowest BCUT2D eigenvalue weighted by Gasteiger charge is -2.41. The summed E-state index contributed by atoms with van der Waals surface area (Å²) in [6.45, 7) is 8.66. The average Bonchev–Trinajstić information content (AvgIpc) is 2.94. The molecule has 4 nitrogen and oxygen atoms in total. The lowest BCUT2D eigenvalue weighted by Crippen LogP contribution is -2.59. The van der Waals surface area contributed by atoms with Crippen LogP contribution in [0.25, 0.3) is 0 Å². The fraction of sp³-hybridized carbons (Fsp3) is 0.652. The number of hydrogen-bond acceptors (Lipinski definition) is 3. The van der Waals surface area contributed by atoms with E-state index in [1.54, 1.807) is 0 Å². The Morgan fingerprint density at radius 3 is 2.50 bits per heavy atom. The molecule has 2 aliphatic heterocycles. The van der Waals surface area contributed by atoms with Crippen LogP contribution in [0.1, 0.15) is 65.4 Å². The Balaban J connectivity index is 2.02. The van der Waals surface area contributed by atoms with Crippen LogP contribution in [0.5, 0.6) is 0 Å². The number of anilines is 1. The van der Waals surface area contributed by atoms with E-state index in [-0.39, 0.29) is 17.2 Å². The van der Waals surface area contributed by atoms with Crippen LogP contribution in [0.4, 0.5) is 5.69 Å². The van der Waals surface area contributed by atoms with Crippen molar-refractivity contribution in [2.75, 3.05) is 23.0 Å². The van der Waals surface area contributed by atoms with E-state index in [0.29, 0.717) is 6.54 Å². The summed E-state index contributed by atoms with van der Waals surface area (Å²) in [5.41, 5.74) is 1.31. The lowest BCUT2D eigenvalue weighted by atomic mass is 9.71. The number of para-hydroxylation sites is 1. The normalized spacial score (nSPS) is 20.9. The van der Waals surface area contributed by atoms with Gasteiger partial charge in [-0.3, -0.25) is 14.5 Å². The molecule has 28 heavy (non-hydrogen) atoms. The zero-order valence-electron chi connectivity index (χ0n) is 17.7. The van der Waals surface area contributed by atoms with Crippen molar-refractivity contribution in [3.63, 3.8) is 0 Å². The summed E-state index contributed by atoms with van der Waals surface area (Å²) < 4.78 is 0. The third kappa shape index (κ3) is 3.83. The summed E-state index contributed by atoms with van der Waals surface area (Å²) in [6.07, 6.45) is 5.10. The predicted molar refractivity (Wildman–Crippen MR) is 118 cm³/mol. The fourth-order valence-corrected chi connectivity index (χ4v) is 5.78. The molecule has 1 spiro atoms. The quantitative estimate of drug-likeness (QED) is 0.737. The maximum atomic E-state index is 13.5. The molecule has 1 N–H and O–H groups in total. The largest absolute Gasteiger partial charge is 0.354 e. The van der Waals surface area contributed by atoms with E-state index < -0.39 is 11.5 Å². The Morgan fingerprint density at radius 1 is 1.18 bits per heavy atom. The molecule has 1 aromatic carbocycles. The first-order valence-corrected chi connectivity index (χ1v) is 11.8. The molecule has 0 aromatic heterocycles. The Hall–Kier alpha value is -1.49. The lowest BCUT2D eigenvalue weighted by molar-refractivity contribution is -0.131. The molecule has 2 aliphatic rings. The van der Waals surface area contributed by atoms with E-state index in [0.717, 1.165) is 49.3 Å². The van der Waals surface area contributed by atoms with Crippen molar-refractivity contribution >= 4 is 29.3 Å². The highest BCUT2D eigenvalue weighted by Crippen LogP contribution is 2.53. The van der Waals surface area contributed by atoms with Crippen LogP contribution in [-0.2, 0) is 15.0 Å². The van der Waals surface area contributed by atoms with Crippen molar-refractivity contribution in [3.05, 3.63) is 29.8 Å². The van der Waals surface area contributed by atoms with E-state index >= 15 is 0 Å². The number of unbranched alkanes of at least 4 members (excludes halogenated alkanes) is 2. The molecular weight excluding hydrogens is 368 g/mol. The molecule has 154 valence electrons. The van der Waals surface area contributed by atoms with Gasteiger partial charge in [0.2, 0.25) is 11.8 Å². The first-order chi connectivity index (χ1) is 13.3. The topological polar surface area (TPSA) is 49.4 Å². The van der Waals surface area contributed by atoms with Crippen molar-refractivity contribution in [2.45, 2.75) is 71.3 Å². The van der Waals surface area contributed by atoms with Gasteiger partial charge in [0.1, 0.15) is 6.04 Å². The average molecular weight is 403 g/mol. The first kappa shape index (κ1) is 21.2. The highest BCUT2D eigenvalue weighted by Gasteiger charge is 2.57. The van der Waals surface area contributed by atoms with E-state index in [1.165, 1.54) is 5.56 Å². The molecule has 0 radical (unpaired) electrons. The third-order valence-electron chi connectivity index (χ3n) is 6.05. The zero-order valence-corrected chi connectivity index (χ0v) is 18.5. The minimum atomic E-state index is -0.539. The van der Waals surface area contributed by atoms with E-state index in [1.807, 2.05) is 55.6 Å². The number of nitrogens with one attached hydrogen (secondary N) is 1. The van der Waals surface area contributed by atoms with Gasteiger partial charge >= 0.3 is 0 Å². The number of amides is 2. The molecule has 0 bridgehead atoms. The molecule has 1 unspecified atom stereocenters. The number of carbonyl (C=O) groups excluding carboxylic acids is 2. The summed E-state index contributed by atoms with van der Waals surface area (Å²) in [5.74, 6) is 2.11. The Labute approximate surface area is 173 Å². The second kappa shape index (κ2) is 8.48. The Morgan fingerprint density at radius 2 is 1.86 bits per heavy atom. The summed E-state index contributed by atoms with van der Waals surface area (Å²) >= 11 is 1.95. The number of hydrogen-bond donors (Lipinski definition) is 1. The maximum absolute atomic E-state index is 13.5. The van der Waals surface area contributed by atoms with Crippen molar-refractivity contribution in [1.29, 1.82) is 0 Å². The van der Waals surface area contributed by atoms with Crippen LogP contribution in [0.2, 0.25) is 0 Å². The van der Waals surface area contributed by atoms with Gasteiger partial charge in [0.05, 0.1) is 0 Å². The van der Waals surface area contributed by atoms with Gasteiger partial charge in [0.25, 0.3) is 0 Å². The number of fused-ring (bicyclic) bond motifs is 2. The van der Waals surface area contributed by atoms with Crippen LogP contribution in [0.3, 0.4) is 0 Å². The van der Waals surface area contributed by atoms with Gasteiger partial charge in [-0.05, 0) is 42.4 Å². The molecule has 5 heteroatoms. The number of thioether (sulfide) groups is 1. The minimum absolute atomic E-state index is 0.0109. The molecule has 2 amide bonds. The molecule has 0 aliphatic carbocycles. The fourth-order valence-electron chi connectivity index (χ4n) is 4.56.